The van der Waals surface area contributed by atoms with E-state index in [1.165, 1.54) is 0 Å². The Hall–Kier alpha value is -2.06. The number of aliphatic hydroxyl groups excluding tert-OH is 1. The molecule has 21 heavy (non-hydrogen) atoms. The smallest absolute Gasteiger partial charge is 0.165 e. The van der Waals surface area contributed by atoms with Crippen molar-refractivity contribution in [1.29, 1.82) is 5.26 Å². The van der Waals surface area contributed by atoms with Crippen LogP contribution in [0.4, 0.5) is 0 Å². The molecule has 0 fully saturated rings. The minimum atomic E-state index is -1.12. The summed E-state index contributed by atoms with van der Waals surface area (Å²) in [5.74, 6) is 0.668. The number of H-pyrrole nitrogens is 1. The first kappa shape index (κ1) is 13.9. The van der Waals surface area contributed by atoms with Crippen molar-refractivity contribution in [3.8, 4) is 17.5 Å². The molecule has 3 aromatic rings. The maximum atomic E-state index is 9.45. The van der Waals surface area contributed by atoms with Gasteiger partial charge in [-0.2, -0.15) is 5.26 Å². The lowest BCUT2D eigenvalue weighted by atomic mass is 10.1. The van der Waals surface area contributed by atoms with Crippen molar-refractivity contribution in [3.63, 3.8) is 0 Å². The van der Waals surface area contributed by atoms with Gasteiger partial charge in [0.1, 0.15) is 5.82 Å². The fourth-order valence-corrected chi connectivity index (χ4v) is 2.36. The first-order chi connectivity index (χ1) is 10.1. The molecular weight excluding hydrogens is 309 g/mol. The van der Waals surface area contributed by atoms with Crippen molar-refractivity contribution < 1.29 is 5.11 Å². The van der Waals surface area contributed by atoms with Crippen molar-refractivity contribution in [1.82, 2.24) is 9.97 Å². The number of aromatic nitrogens is 2. The molecule has 104 valence electrons. The summed E-state index contributed by atoms with van der Waals surface area (Å²) in [5.41, 5.74) is 2.90. The van der Waals surface area contributed by atoms with Crippen LogP contribution in [0, 0.1) is 11.3 Å². The van der Waals surface area contributed by atoms with Crippen LogP contribution >= 0.6 is 23.2 Å². The molecule has 0 aliphatic rings. The number of aromatic amines is 1. The fourth-order valence-electron chi connectivity index (χ4n) is 2.04. The predicted molar refractivity (Wildman–Crippen MR) is 82.1 cm³/mol. The lowest BCUT2D eigenvalue weighted by molar-refractivity contribution is 0.236. The first-order valence-electron chi connectivity index (χ1n) is 6.11. The molecule has 0 spiro atoms. The van der Waals surface area contributed by atoms with Gasteiger partial charge in [-0.15, -0.1) is 0 Å². The van der Waals surface area contributed by atoms with Gasteiger partial charge in [0.15, 0.2) is 6.10 Å². The summed E-state index contributed by atoms with van der Waals surface area (Å²) < 4.78 is 0. The number of hydrogen-bond acceptors (Lipinski definition) is 3. The van der Waals surface area contributed by atoms with Crippen molar-refractivity contribution in [3.05, 3.63) is 52.0 Å². The summed E-state index contributed by atoms with van der Waals surface area (Å²) in [7, 11) is 0. The van der Waals surface area contributed by atoms with E-state index in [-0.39, 0.29) is 0 Å². The molecule has 1 atom stereocenters. The number of nitriles is 1. The first-order valence-corrected chi connectivity index (χ1v) is 6.87. The van der Waals surface area contributed by atoms with E-state index >= 15 is 0 Å². The van der Waals surface area contributed by atoms with E-state index in [0.717, 1.165) is 16.6 Å². The molecule has 6 heteroatoms. The molecule has 1 unspecified atom stereocenters. The van der Waals surface area contributed by atoms with Gasteiger partial charge in [0.2, 0.25) is 0 Å². The second kappa shape index (κ2) is 5.38. The van der Waals surface area contributed by atoms with Gasteiger partial charge in [0.05, 0.1) is 27.1 Å². The number of halogens is 2. The Balaban J connectivity index is 2.02. The number of aliphatic hydroxyl groups is 1. The summed E-state index contributed by atoms with van der Waals surface area (Å²) in [6, 6.07) is 12.2. The van der Waals surface area contributed by atoms with Crippen LogP contribution in [0.25, 0.3) is 22.4 Å². The topological polar surface area (TPSA) is 72.7 Å². The van der Waals surface area contributed by atoms with E-state index < -0.39 is 6.10 Å². The van der Waals surface area contributed by atoms with Crippen LogP contribution in [0.15, 0.2) is 36.4 Å². The zero-order valence-corrected chi connectivity index (χ0v) is 12.2. The van der Waals surface area contributed by atoms with E-state index in [1.807, 2.05) is 0 Å². The Morgan fingerprint density at radius 1 is 1.14 bits per heavy atom. The van der Waals surface area contributed by atoms with Gasteiger partial charge in [-0.25, -0.2) is 4.98 Å². The summed E-state index contributed by atoms with van der Waals surface area (Å²) >= 11 is 11.9. The van der Waals surface area contributed by atoms with Gasteiger partial charge < -0.3 is 10.1 Å². The average Bonchev–Trinajstić information content (AvgIpc) is 2.90. The highest BCUT2D eigenvalue weighted by molar-refractivity contribution is 6.42. The quantitative estimate of drug-likeness (QED) is 0.699. The molecule has 1 heterocycles. The zero-order chi connectivity index (χ0) is 15.0. The van der Waals surface area contributed by atoms with E-state index in [2.05, 4.69) is 9.97 Å². The molecule has 4 nitrogen and oxygen atoms in total. The minimum Gasteiger partial charge on any atom is -0.374 e. The minimum absolute atomic E-state index is 0.453. The van der Waals surface area contributed by atoms with E-state index in [0.29, 0.717) is 21.4 Å². The predicted octanol–water partition coefficient (Wildman–Crippen LogP) is 4.09. The third-order valence-electron chi connectivity index (χ3n) is 3.15. The molecule has 0 aliphatic heterocycles. The van der Waals surface area contributed by atoms with Crippen LogP contribution < -0.4 is 0 Å². The van der Waals surface area contributed by atoms with Crippen molar-refractivity contribution >= 4 is 34.2 Å². The summed E-state index contributed by atoms with van der Waals surface area (Å²) in [6.07, 6.45) is -1.12. The van der Waals surface area contributed by atoms with Crippen molar-refractivity contribution in [2.75, 3.05) is 0 Å². The lowest BCUT2D eigenvalue weighted by Crippen LogP contribution is -1.92. The maximum absolute atomic E-state index is 9.45. The number of hydrogen-bond donors (Lipinski definition) is 2. The molecule has 0 saturated carbocycles. The molecule has 0 radical (unpaired) electrons. The summed E-state index contributed by atoms with van der Waals surface area (Å²) in [6.45, 7) is 0. The standard InChI is InChI=1S/C15H9Cl2N3O/c16-10-5-12-13(6-11(10)17)20-15(19-12)9-3-1-8(2-4-9)14(21)7-18/h1-6,14,21H,(H,19,20). The summed E-state index contributed by atoms with van der Waals surface area (Å²) in [4.78, 5) is 7.61. The highest BCUT2D eigenvalue weighted by Crippen LogP contribution is 2.29. The van der Waals surface area contributed by atoms with Crippen molar-refractivity contribution in [2.45, 2.75) is 6.10 Å². The SMILES string of the molecule is N#CC(O)c1ccc(-c2nc3cc(Cl)c(Cl)cc3[nH]2)cc1. The van der Waals surface area contributed by atoms with Crippen LogP contribution in [-0.4, -0.2) is 15.1 Å². The molecule has 3 rings (SSSR count). The fraction of sp³-hybridized carbons (Fsp3) is 0.0667. The van der Waals surface area contributed by atoms with Crippen LogP contribution in [0.3, 0.4) is 0 Å². The molecule has 0 aliphatic carbocycles. The second-order valence-corrected chi connectivity index (χ2v) is 5.34. The number of nitrogens with one attached hydrogen (secondary N) is 1. The Morgan fingerprint density at radius 2 is 1.81 bits per heavy atom. The number of rotatable bonds is 2. The maximum Gasteiger partial charge on any atom is 0.165 e. The van der Waals surface area contributed by atoms with Crippen LogP contribution in [-0.2, 0) is 0 Å². The number of fused-ring (bicyclic) bond motifs is 1. The van der Waals surface area contributed by atoms with E-state index in [1.54, 1.807) is 42.5 Å². The third-order valence-corrected chi connectivity index (χ3v) is 3.87. The number of imidazole rings is 1. The van der Waals surface area contributed by atoms with Gasteiger partial charge in [0.25, 0.3) is 0 Å². The highest BCUT2D eigenvalue weighted by Gasteiger charge is 2.10. The van der Waals surface area contributed by atoms with Gasteiger partial charge in [-0.3, -0.25) is 0 Å². The van der Waals surface area contributed by atoms with Crippen LogP contribution in [0.5, 0.6) is 0 Å². The van der Waals surface area contributed by atoms with Gasteiger partial charge in [0, 0.05) is 5.56 Å². The van der Waals surface area contributed by atoms with Crippen LogP contribution in [0.2, 0.25) is 10.0 Å². The lowest BCUT2D eigenvalue weighted by Gasteiger charge is -2.02. The van der Waals surface area contributed by atoms with E-state index in [4.69, 9.17) is 28.5 Å². The monoisotopic (exact) mass is 317 g/mol. The zero-order valence-electron chi connectivity index (χ0n) is 10.6. The molecule has 2 aromatic carbocycles. The van der Waals surface area contributed by atoms with E-state index in [9.17, 15) is 5.11 Å². The normalized spacial score (nSPS) is 12.3. The largest absolute Gasteiger partial charge is 0.374 e. The third kappa shape index (κ3) is 2.59. The van der Waals surface area contributed by atoms with Crippen LogP contribution in [0.1, 0.15) is 11.7 Å². The molecule has 0 bridgehead atoms. The Bertz CT molecular complexity index is 811. The van der Waals surface area contributed by atoms with Gasteiger partial charge in [-0.05, 0) is 17.7 Å². The Morgan fingerprint density at radius 3 is 2.48 bits per heavy atom. The summed E-state index contributed by atoms with van der Waals surface area (Å²) in [5, 5.41) is 19.0. The van der Waals surface area contributed by atoms with Crippen molar-refractivity contribution in [2.24, 2.45) is 0 Å². The van der Waals surface area contributed by atoms with Gasteiger partial charge in [-0.1, -0.05) is 47.5 Å². The molecule has 2 N–H and O–H groups in total. The highest BCUT2D eigenvalue weighted by atomic mass is 35.5. The second-order valence-electron chi connectivity index (χ2n) is 4.52. The Kier molecular flexibility index (Phi) is 3.56. The molecule has 1 aromatic heterocycles. The number of benzene rings is 2. The molecule has 0 amide bonds. The molecular formula is C15H9Cl2N3O. The number of nitrogens with zero attached hydrogens (tertiary/aromatic N) is 2. The average molecular weight is 318 g/mol. The molecule has 0 saturated heterocycles. The Labute approximate surface area is 130 Å². The van der Waals surface area contributed by atoms with Gasteiger partial charge >= 0.3 is 0 Å².